The van der Waals surface area contributed by atoms with Crippen molar-refractivity contribution in [3.8, 4) is 0 Å². The molecule has 0 aromatic rings. The fourth-order valence-corrected chi connectivity index (χ4v) is 1.40. The Kier molecular flexibility index (Phi) is 2.93. The minimum absolute atomic E-state index is 0.113. The summed E-state index contributed by atoms with van der Waals surface area (Å²) in [5.41, 5.74) is -0.235. The number of hydrogen-bond acceptors (Lipinski definition) is 3. The third-order valence-corrected chi connectivity index (χ3v) is 1.97. The highest BCUT2D eigenvalue weighted by Gasteiger charge is 2.32. The van der Waals surface area contributed by atoms with Crippen molar-refractivity contribution >= 4 is 5.91 Å². The van der Waals surface area contributed by atoms with Crippen molar-refractivity contribution in [1.29, 1.82) is 0 Å². The van der Waals surface area contributed by atoms with Crippen LogP contribution in [0.3, 0.4) is 0 Å². The van der Waals surface area contributed by atoms with E-state index >= 15 is 0 Å². The molecule has 4 nitrogen and oxygen atoms in total. The van der Waals surface area contributed by atoms with Gasteiger partial charge in [0.15, 0.2) is 0 Å². The Morgan fingerprint density at radius 3 is 2.54 bits per heavy atom. The first-order chi connectivity index (χ1) is 5.90. The van der Waals surface area contributed by atoms with E-state index in [-0.39, 0.29) is 11.4 Å². The van der Waals surface area contributed by atoms with Crippen LogP contribution in [0.5, 0.6) is 0 Å². The zero-order chi connectivity index (χ0) is 10.1. The number of nitrogens with one attached hydrogen (secondary N) is 2. The van der Waals surface area contributed by atoms with E-state index in [1.165, 1.54) is 0 Å². The molecule has 13 heavy (non-hydrogen) atoms. The summed E-state index contributed by atoms with van der Waals surface area (Å²) in [6, 6.07) is -0.431. The Morgan fingerprint density at radius 1 is 1.54 bits per heavy atom. The van der Waals surface area contributed by atoms with Gasteiger partial charge in [0, 0.05) is 5.54 Å². The molecule has 1 rings (SSSR count). The van der Waals surface area contributed by atoms with E-state index in [4.69, 9.17) is 0 Å². The van der Waals surface area contributed by atoms with Gasteiger partial charge >= 0.3 is 0 Å². The average Bonchev–Trinajstić information content (AvgIpc) is 2.30. The van der Waals surface area contributed by atoms with Crippen LogP contribution in [0.1, 0.15) is 27.2 Å². The third-order valence-electron chi connectivity index (χ3n) is 1.97. The normalized spacial score (nSPS) is 28.9. The van der Waals surface area contributed by atoms with Crippen LogP contribution in [0.25, 0.3) is 0 Å². The van der Waals surface area contributed by atoms with Gasteiger partial charge in [0.2, 0.25) is 5.91 Å². The molecule has 4 heteroatoms. The zero-order valence-electron chi connectivity index (χ0n) is 8.42. The molecule has 0 spiro atoms. The maximum atomic E-state index is 11.5. The maximum Gasteiger partial charge on any atom is 0.240 e. The van der Waals surface area contributed by atoms with Crippen LogP contribution < -0.4 is 10.6 Å². The highest BCUT2D eigenvalue weighted by molar-refractivity contribution is 5.83. The molecule has 1 saturated heterocycles. The summed E-state index contributed by atoms with van der Waals surface area (Å²) in [4.78, 5) is 11.5. The van der Waals surface area contributed by atoms with E-state index < -0.39 is 12.1 Å². The van der Waals surface area contributed by atoms with E-state index in [1.807, 2.05) is 20.8 Å². The summed E-state index contributed by atoms with van der Waals surface area (Å²) >= 11 is 0. The zero-order valence-corrected chi connectivity index (χ0v) is 8.42. The van der Waals surface area contributed by atoms with Gasteiger partial charge in [-0.2, -0.15) is 0 Å². The number of aliphatic hydroxyl groups excluding tert-OH is 1. The van der Waals surface area contributed by atoms with E-state index in [0.29, 0.717) is 13.0 Å². The minimum Gasteiger partial charge on any atom is -0.391 e. The fraction of sp³-hybridized carbons (Fsp3) is 0.889. The van der Waals surface area contributed by atoms with E-state index in [2.05, 4.69) is 10.6 Å². The molecule has 76 valence electrons. The van der Waals surface area contributed by atoms with Crippen LogP contribution in [-0.2, 0) is 4.79 Å². The number of carbonyl (C=O) groups excluding carboxylic acids is 1. The SMILES string of the molecule is CC(C)(C)NC(=O)[C@H]1NCC[C@H]1O. The number of hydrogen-bond donors (Lipinski definition) is 3. The third kappa shape index (κ3) is 2.97. The van der Waals surface area contributed by atoms with Gasteiger partial charge in [-0.25, -0.2) is 0 Å². The molecule has 0 saturated carbocycles. The molecule has 1 heterocycles. The van der Waals surface area contributed by atoms with Crippen molar-refractivity contribution in [2.75, 3.05) is 6.54 Å². The number of aliphatic hydroxyl groups is 1. The van der Waals surface area contributed by atoms with Crippen LogP contribution in [0.4, 0.5) is 0 Å². The summed E-state index contributed by atoms with van der Waals surface area (Å²) in [7, 11) is 0. The van der Waals surface area contributed by atoms with Gasteiger partial charge in [0.25, 0.3) is 0 Å². The first-order valence-corrected chi connectivity index (χ1v) is 4.63. The van der Waals surface area contributed by atoms with Crippen molar-refractivity contribution in [1.82, 2.24) is 10.6 Å². The van der Waals surface area contributed by atoms with Crippen molar-refractivity contribution in [2.24, 2.45) is 0 Å². The number of amides is 1. The monoisotopic (exact) mass is 186 g/mol. The lowest BCUT2D eigenvalue weighted by Crippen LogP contribution is -2.51. The molecule has 0 aromatic heterocycles. The van der Waals surface area contributed by atoms with E-state index in [0.717, 1.165) is 0 Å². The van der Waals surface area contributed by atoms with Crippen molar-refractivity contribution in [3.63, 3.8) is 0 Å². The molecule has 0 unspecified atom stereocenters. The van der Waals surface area contributed by atoms with Crippen LogP contribution in [-0.4, -0.2) is 35.2 Å². The molecule has 1 aliphatic heterocycles. The van der Waals surface area contributed by atoms with Gasteiger partial charge in [0.05, 0.1) is 6.10 Å². The fourth-order valence-electron chi connectivity index (χ4n) is 1.40. The molecule has 0 radical (unpaired) electrons. The van der Waals surface area contributed by atoms with Crippen molar-refractivity contribution < 1.29 is 9.90 Å². The smallest absolute Gasteiger partial charge is 0.240 e. The Morgan fingerprint density at radius 2 is 2.15 bits per heavy atom. The predicted octanol–water partition coefficient (Wildman–Crippen LogP) is -0.376. The van der Waals surface area contributed by atoms with Gasteiger partial charge in [-0.05, 0) is 33.7 Å². The molecule has 1 amide bonds. The molecule has 0 aliphatic carbocycles. The number of carbonyl (C=O) groups is 1. The lowest BCUT2D eigenvalue weighted by Gasteiger charge is -2.24. The quantitative estimate of drug-likeness (QED) is 0.523. The second-order valence-electron chi connectivity index (χ2n) is 4.53. The maximum absolute atomic E-state index is 11.5. The van der Waals surface area contributed by atoms with E-state index in [9.17, 15) is 9.90 Å². The van der Waals surface area contributed by atoms with Crippen LogP contribution >= 0.6 is 0 Å². The molecule has 0 aromatic carbocycles. The molecule has 1 fully saturated rings. The summed E-state index contributed by atoms with van der Waals surface area (Å²) in [6.07, 6.45) is 0.115. The average molecular weight is 186 g/mol. The summed E-state index contributed by atoms with van der Waals surface area (Å²) < 4.78 is 0. The molecule has 3 N–H and O–H groups in total. The van der Waals surface area contributed by atoms with Gasteiger partial charge in [-0.1, -0.05) is 0 Å². The van der Waals surface area contributed by atoms with Gasteiger partial charge in [0.1, 0.15) is 6.04 Å². The summed E-state index contributed by atoms with van der Waals surface area (Å²) in [5, 5.41) is 15.2. The van der Waals surface area contributed by atoms with E-state index in [1.54, 1.807) is 0 Å². The number of rotatable bonds is 1. The largest absolute Gasteiger partial charge is 0.391 e. The Labute approximate surface area is 78.7 Å². The minimum atomic E-state index is -0.539. The standard InChI is InChI=1S/C9H18N2O2/c1-9(2,3)11-8(13)7-6(12)4-5-10-7/h6-7,10,12H,4-5H2,1-3H3,(H,11,13)/t6-,7+/m1/s1. The molecule has 1 aliphatic rings. The van der Waals surface area contributed by atoms with Crippen molar-refractivity contribution in [3.05, 3.63) is 0 Å². The second kappa shape index (κ2) is 3.64. The second-order valence-corrected chi connectivity index (χ2v) is 4.53. The first-order valence-electron chi connectivity index (χ1n) is 4.63. The van der Waals surface area contributed by atoms with Crippen molar-refractivity contribution in [2.45, 2.75) is 44.9 Å². The predicted molar refractivity (Wildman–Crippen MR) is 50.3 cm³/mol. The highest BCUT2D eigenvalue weighted by Crippen LogP contribution is 2.08. The summed E-state index contributed by atoms with van der Waals surface area (Å²) in [5.74, 6) is -0.113. The molecule has 2 atom stereocenters. The molecular weight excluding hydrogens is 168 g/mol. The topological polar surface area (TPSA) is 61.4 Å². The van der Waals surface area contributed by atoms with Crippen LogP contribution in [0, 0.1) is 0 Å². The summed E-state index contributed by atoms with van der Waals surface area (Å²) in [6.45, 7) is 6.48. The lowest BCUT2D eigenvalue weighted by molar-refractivity contribution is -0.126. The Bertz CT molecular complexity index is 198. The van der Waals surface area contributed by atoms with Gasteiger partial charge in [-0.15, -0.1) is 0 Å². The highest BCUT2D eigenvalue weighted by atomic mass is 16.3. The Balaban J connectivity index is 2.48. The van der Waals surface area contributed by atoms with Crippen LogP contribution in [0.2, 0.25) is 0 Å². The lowest BCUT2D eigenvalue weighted by atomic mass is 10.1. The van der Waals surface area contributed by atoms with Gasteiger partial charge < -0.3 is 15.7 Å². The van der Waals surface area contributed by atoms with Gasteiger partial charge in [-0.3, -0.25) is 4.79 Å². The van der Waals surface area contributed by atoms with Crippen LogP contribution in [0.15, 0.2) is 0 Å². The Hall–Kier alpha value is -0.610. The molecule has 0 bridgehead atoms. The molecular formula is C9H18N2O2. The first kappa shape index (κ1) is 10.5.